The zero-order valence-corrected chi connectivity index (χ0v) is 14.2. The van der Waals surface area contributed by atoms with Crippen molar-refractivity contribution in [3.8, 4) is 0 Å². The Labute approximate surface area is 134 Å². The molecule has 0 aromatic carbocycles. The normalized spacial score (nSPS) is 22.0. The maximum absolute atomic E-state index is 12.5. The molecule has 0 radical (unpaired) electrons. The number of nitrogens with zero attached hydrogens (tertiary/aromatic N) is 4. The second kappa shape index (κ2) is 6.04. The van der Waals surface area contributed by atoms with Crippen LogP contribution in [0.1, 0.15) is 23.7 Å². The summed E-state index contributed by atoms with van der Waals surface area (Å²) in [6.07, 6.45) is 0.397. The molecule has 0 N–H and O–H groups in total. The molecule has 0 spiro atoms. The first-order valence-electron chi connectivity index (χ1n) is 7.66. The fourth-order valence-corrected chi connectivity index (χ4v) is 4.09. The predicted molar refractivity (Wildman–Crippen MR) is 86.4 cm³/mol. The zero-order valence-electron chi connectivity index (χ0n) is 13.3. The molecule has 120 valence electrons. The summed E-state index contributed by atoms with van der Waals surface area (Å²) in [6, 6.07) is -0.0635. The van der Waals surface area contributed by atoms with E-state index in [1.165, 1.54) is 0 Å². The average Bonchev–Trinajstić information content (AvgIpc) is 2.88. The van der Waals surface area contributed by atoms with Crippen LogP contribution in [0.5, 0.6) is 0 Å². The van der Waals surface area contributed by atoms with Gasteiger partial charge in [0.2, 0.25) is 5.91 Å². The summed E-state index contributed by atoms with van der Waals surface area (Å²) >= 11 is 1.57. The lowest BCUT2D eigenvalue weighted by molar-refractivity contribution is -0.133. The van der Waals surface area contributed by atoms with Gasteiger partial charge in [-0.25, -0.2) is 4.98 Å². The van der Waals surface area contributed by atoms with Crippen molar-refractivity contribution in [1.29, 1.82) is 0 Å². The molecule has 3 rings (SSSR count). The highest BCUT2D eigenvalue weighted by Gasteiger charge is 2.30. The van der Waals surface area contributed by atoms with Crippen molar-refractivity contribution >= 4 is 17.7 Å². The van der Waals surface area contributed by atoms with Crippen LogP contribution < -0.4 is 5.56 Å². The topological polar surface area (TPSA) is 58.4 Å². The Balaban J connectivity index is 1.75. The number of carbonyl (C=O) groups excluding carboxylic acids is 1. The van der Waals surface area contributed by atoms with Gasteiger partial charge >= 0.3 is 0 Å². The third-order valence-electron chi connectivity index (χ3n) is 4.59. The molecule has 1 unspecified atom stereocenters. The van der Waals surface area contributed by atoms with E-state index in [-0.39, 0.29) is 17.5 Å². The van der Waals surface area contributed by atoms with Crippen LogP contribution in [0.15, 0.2) is 9.95 Å². The first-order chi connectivity index (χ1) is 10.5. The van der Waals surface area contributed by atoms with Crippen LogP contribution >= 0.6 is 11.8 Å². The van der Waals surface area contributed by atoms with Crippen LogP contribution in [0.3, 0.4) is 0 Å². The van der Waals surface area contributed by atoms with Crippen LogP contribution in [-0.4, -0.2) is 64.2 Å². The number of carbonyl (C=O) groups is 1. The molecule has 1 atom stereocenters. The number of rotatable bonds is 2. The molecule has 7 heteroatoms. The standard InChI is InChI=1S/C15H22N4O2S/c1-10-11(2)16-15-19(14(10)21)12(9-22-15)8-13(20)18-6-4-17(3)5-7-18/h12H,4-9H2,1-3H3. The summed E-state index contributed by atoms with van der Waals surface area (Å²) < 4.78 is 1.72. The molecule has 22 heavy (non-hydrogen) atoms. The second-order valence-corrected chi connectivity index (χ2v) is 7.12. The molecule has 0 saturated carbocycles. The summed E-state index contributed by atoms with van der Waals surface area (Å²) in [7, 11) is 2.07. The molecular formula is C15H22N4O2S. The maximum atomic E-state index is 12.5. The lowest BCUT2D eigenvalue weighted by atomic mass is 10.2. The van der Waals surface area contributed by atoms with Gasteiger partial charge < -0.3 is 9.80 Å². The molecule has 0 bridgehead atoms. The summed E-state index contributed by atoms with van der Waals surface area (Å²) in [5.41, 5.74) is 1.47. The molecule has 1 aromatic heterocycles. The van der Waals surface area contributed by atoms with E-state index in [2.05, 4.69) is 16.9 Å². The van der Waals surface area contributed by atoms with Gasteiger partial charge in [-0.1, -0.05) is 11.8 Å². The average molecular weight is 322 g/mol. The first kappa shape index (κ1) is 15.6. The van der Waals surface area contributed by atoms with E-state index in [1.54, 1.807) is 23.3 Å². The predicted octanol–water partition coefficient (Wildman–Crippen LogP) is 0.671. The van der Waals surface area contributed by atoms with Crippen LogP contribution in [-0.2, 0) is 4.79 Å². The summed E-state index contributed by atoms with van der Waals surface area (Å²) in [5.74, 6) is 0.904. The molecule has 2 aliphatic heterocycles. The molecule has 0 aliphatic carbocycles. The lowest BCUT2D eigenvalue weighted by Gasteiger charge is -2.33. The molecule has 2 aliphatic rings. The van der Waals surface area contributed by atoms with Crippen molar-refractivity contribution in [2.24, 2.45) is 0 Å². The number of aryl methyl sites for hydroxylation is 1. The van der Waals surface area contributed by atoms with Crippen molar-refractivity contribution in [2.45, 2.75) is 31.5 Å². The van der Waals surface area contributed by atoms with Crippen molar-refractivity contribution in [3.63, 3.8) is 0 Å². The largest absolute Gasteiger partial charge is 0.340 e. The van der Waals surface area contributed by atoms with Crippen LogP contribution in [0.25, 0.3) is 0 Å². The van der Waals surface area contributed by atoms with Gasteiger partial charge in [0.15, 0.2) is 5.16 Å². The monoisotopic (exact) mass is 322 g/mol. The van der Waals surface area contributed by atoms with Gasteiger partial charge in [-0.3, -0.25) is 14.2 Å². The Hall–Kier alpha value is -1.34. The molecule has 1 fully saturated rings. The first-order valence-corrected chi connectivity index (χ1v) is 8.65. The van der Waals surface area contributed by atoms with Crippen LogP contribution in [0.4, 0.5) is 0 Å². The second-order valence-electron chi connectivity index (χ2n) is 6.13. The highest BCUT2D eigenvalue weighted by molar-refractivity contribution is 7.99. The van der Waals surface area contributed by atoms with Crippen LogP contribution in [0, 0.1) is 13.8 Å². The molecule has 1 amide bonds. The smallest absolute Gasteiger partial charge is 0.257 e. The van der Waals surface area contributed by atoms with E-state index in [9.17, 15) is 9.59 Å². The van der Waals surface area contributed by atoms with Gasteiger partial charge in [-0.15, -0.1) is 0 Å². The SMILES string of the molecule is Cc1nc2n(c(=O)c1C)C(CC(=O)N1CCN(C)CC1)CS2. The molecule has 1 aromatic rings. The number of hydrogen-bond acceptors (Lipinski definition) is 5. The number of aromatic nitrogens is 2. The fourth-order valence-electron chi connectivity index (χ4n) is 2.91. The molecule has 1 saturated heterocycles. The van der Waals surface area contributed by atoms with E-state index >= 15 is 0 Å². The summed E-state index contributed by atoms with van der Waals surface area (Å²) in [5, 5.41) is 0.754. The summed E-state index contributed by atoms with van der Waals surface area (Å²) in [6.45, 7) is 7.06. The van der Waals surface area contributed by atoms with Gasteiger partial charge in [0.25, 0.3) is 5.56 Å². The van der Waals surface area contributed by atoms with E-state index in [1.807, 2.05) is 11.8 Å². The number of likely N-dealkylation sites (N-methyl/N-ethyl adjacent to an activating group) is 1. The number of hydrogen-bond donors (Lipinski definition) is 0. The van der Waals surface area contributed by atoms with Gasteiger partial charge in [-0.05, 0) is 20.9 Å². The van der Waals surface area contributed by atoms with Gasteiger partial charge in [0, 0.05) is 49.6 Å². The van der Waals surface area contributed by atoms with Gasteiger partial charge in [-0.2, -0.15) is 0 Å². The Morgan fingerprint density at radius 1 is 1.27 bits per heavy atom. The third-order valence-corrected chi connectivity index (χ3v) is 5.69. The molecule has 3 heterocycles. The Morgan fingerprint density at radius 3 is 2.64 bits per heavy atom. The fraction of sp³-hybridized carbons (Fsp3) is 0.667. The maximum Gasteiger partial charge on any atom is 0.257 e. The Kier molecular flexibility index (Phi) is 4.27. The number of piperazine rings is 1. The highest BCUT2D eigenvalue weighted by Crippen LogP contribution is 2.32. The van der Waals surface area contributed by atoms with E-state index in [0.29, 0.717) is 12.0 Å². The van der Waals surface area contributed by atoms with Crippen LogP contribution in [0.2, 0.25) is 0 Å². The van der Waals surface area contributed by atoms with E-state index in [4.69, 9.17) is 0 Å². The van der Waals surface area contributed by atoms with Crippen molar-refractivity contribution in [3.05, 3.63) is 21.6 Å². The molecule has 6 nitrogen and oxygen atoms in total. The van der Waals surface area contributed by atoms with Crippen molar-refractivity contribution in [2.75, 3.05) is 39.0 Å². The lowest BCUT2D eigenvalue weighted by Crippen LogP contribution is -2.47. The van der Waals surface area contributed by atoms with Crippen molar-refractivity contribution in [1.82, 2.24) is 19.4 Å². The Bertz CT molecular complexity index is 650. The zero-order chi connectivity index (χ0) is 15.9. The van der Waals surface area contributed by atoms with E-state index in [0.717, 1.165) is 42.8 Å². The summed E-state index contributed by atoms with van der Waals surface area (Å²) in [4.78, 5) is 33.6. The highest BCUT2D eigenvalue weighted by atomic mass is 32.2. The van der Waals surface area contributed by atoms with E-state index < -0.39 is 0 Å². The quantitative estimate of drug-likeness (QED) is 0.749. The number of amides is 1. The van der Waals surface area contributed by atoms with Crippen molar-refractivity contribution < 1.29 is 4.79 Å². The van der Waals surface area contributed by atoms with Gasteiger partial charge in [0.05, 0.1) is 6.04 Å². The molecular weight excluding hydrogens is 300 g/mol. The number of thioether (sulfide) groups is 1. The van der Waals surface area contributed by atoms with Gasteiger partial charge in [0.1, 0.15) is 0 Å². The third kappa shape index (κ3) is 2.79. The minimum atomic E-state index is -0.0635. The Morgan fingerprint density at radius 2 is 1.95 bits per heavy atom. The minimum Gasteiger partial charge on any atom is -0.340 e. The minimum absolute atomic E-state index is 0.00341. The number of fused-ring (bicyclic) bond motifs is 1.